The van der Waals surface area contributed by atoms with Gasteiger partial charge in [0.05, 0.1) is 12.2 Å². The van der Waals surface area contributed by atoms with E-state index in [1.54, 1.807) is 0 Å². The van der Waals surface area contributed by atoms with Gasteiger partial charge in [0.2, 0.25) is 5.91 Å². The van der Waals surface area contributed by atoms with Gasteiger partial charge < -0.3 is 15.4 Å². The summed E-state index contributed by atoms with van der Waals surface area (Å²) in [5.74, 6) is 1.46. The Kier molecular flexibility index (Phi) is 3.89. The molecule has 4 nitrogen and oxygen atoms in total. The van der Waals surface area contributed by atoms with Gasteiger partial charge in [0.25, 0.3) is 0 Å². The molecule has 0 spiro atoms. The van der Waals surface area contributed by atoms with Gasteiger partial charge in [-0.3, -0.25) is 4.79 Å². The summed E-state index contributed by atoms with van der Waals surface area (Å²) < 4.78 is 5.89. The first-order valence-corrected chi connectivity index (χ1v) is 7.89. The van der Waals surface area contributed by atoms with E-state index in [1.165, 1.54) is 0 Å². The van der Waals surface area contributed by atoms with Crippen molar-refractivity contribution in [1.82, 2.24) is 0 Å². The van der Waals surface area contributed by atoms with Crippen LogP contribution in [0.15, 0.2) is 18.2 Å². The minimum Gasteiger partial charge on any atom is -0.487 e. The highest BCUT2D eigenvalue weighted by Gasteiger charge is 2.37. The number of carbonyl (C=O) groups is 1. The fraction of sp³-hybridized carbons (Fsp3) is 0.588. The standard InChI is InChI=1S/C17H24N2O2/c1-11-6-7-15-16(8-11)21-12(2)10-19(15)17(20)14-5-3-4-13(14)9-18/h6-8,12-14H,3-5,9-10,18H2,1-2H3/t12?,13-,14-/m1/s1. The van der Waals surface area contributed by atoms with Crippen LogP contribution >= 0.6 is 0 Å². The Morgan fingerprint density at radius 2 is 2.24 bits per heavy atom. The number of hydrogen-bond donors (Lipinski definition) is 1. The Labute approximate surface area is 126 Å². The number of rotatable bonds is 2. The van der Waals surface area contributed by atoms with Crippen molar-refractivity contribution < 1.29 is 9.53 Å². The summed E-state index contributed by atoms with van der Waals surface area (Å²) in [5.41, 5.74) is 7.90. The van der Waals surface area contributed by atoms with Crippen molar-refractivity contribution in [3.8, 4) is 5.75 Å². The number of benzene rings is 1. The Bertz CT molecular complexity index is 544. The van der Waals surface area contributed by atoms with Crippen LogP contribution in [0.1, 0.15) is 31.7 Å². The molecule has 1 aromatic rings. The molecule has 0 saturated heterocycles. The van der Waals surface area contributed by atoms with Crippen molar-refractivity contribution in [2.24, 2.45) is 17.6 Å². The predicted octanol–water partition coefficient (Wildman–Crippen LogP) is 2.48. The van der Waals surface area contributed by atoms with E-state index in [1.807, 2.05) is 36.9 Å². The Balaban J connectivity index is 1.90. The fourth-order valence-electron chi connectivity index (χ4n) is 3.60. The summed E-state index contributed by atoms with van der Waals surface area (Å²) in [6, 6.07) is 6.05. The van der Waals surface area contributed by atoms with Crippen LogP contribution in [0.4, 0.5) is 5.69 Å². The number of nitrogens with two attached hydrogens (primary N) is 1. The molecule has 1 amide bonds. The van der Waals surface area contributed by atoms with Gasteiger partial charge in [0.15, 0.2) is 0 Å². The smallest absolute Gasteiger partial charge is 0.230 e. The molecule has 114 valence electrons. The third-order valence-electron chi connectivity index (χ3n) is 4.72. The van der Waals surface area contributed by atoms with Gasteiger partial charge in [-0.25, -0.2) is 0 Å². The lowest BCUT2D eigenvalue weighted by Gasteiger charge is -2.36. The van der Waals surface area contributed by atoms with E-state index in [2.05, 4.69) is 0 Å². The molecule has 1 saturated carbocycles. The van der Waals surface area contributed by atoms with Crippen LogP contribution in [0, 0.1) is 18.8 Å². The topological polar surface area (TPSA) is 55.6 Å². The molecule has 1 unspecified atom stereocenters. The largest absolute Gasteiger partial charge is 0.487 e. The van der Waals surface area contributed by atoms with E-state index in [0.29, 0.717) is 19.0 Å². The molecule has 0 radical (unpaired) electrons. The highest BCUT2D eigenvalue weighted by Crippen LogP contribution is 2.38. The molecule has 2 aliphatic rings. The van der Waals surface area contributed by atoms with Gasteiger partial charge in [-0.05, 0) is 56.8 Å². The number of aryl methyl sites for hydroxylation is 1. The molecule has 1 aliphatic carbocycles. The van der Waals surface area contributed by atoms with Crippen LogP contribution in [-0.4, -0.2) is 25.1 Å². The first-order valence-electron chi connectivity index (χ1n) is 7.89. The van der Waals surface area contributed by atoms with Crippen molar-refractivity contribution in [2.75, 3.05) is 18.0 Å². The minimum atomic E-state index is 0.0287. The van der Waals surface area contributed by atoms with Crippen LogP contribution in [0.25, 0.3) is 0 Å². The molecule has 4 heteroatoms. The molecule has 0 aromatic heterocycles. The molecule has 21 heavy (non-hydrogen) atoms. The summed E-state index contributed by atoms with van der Waals surface area (Å²) in [6.07, 6.45) is 3.18. The van der Waals surface area contributed by atoms with E-state index in [0.717, 1.165) is 36.3 Å². The zero-order valence-electron chi connectivity index (χ0n) is 12.8. The summed E-state index contributed by atoms with van der Waals surface area (Å²) in [4.78, 5) is 14.9. The molecule has 0 bridgehead atoms. The third kappa shape index (κ3) is 2.64. The van der Waals surface area contributed by atoms with Crippen molar-refractivity contribution in [3.05, 3.63) is 23.8 Å². The average Bonchev–Trinajstić information content (AvgIpc) is 2.93. The lowest BCUT2D eigenvalue weighted by Crippen LogP contribution is -2.46. The van der Waals surface area contributed by atoms with Gasteiger partial charge in [0, 0.05) is 5.92 Å². The van der Waals surface area contributed by atoms with Gasteiger partial charge in [-0.15, -0.1) is 0 Å². The Morgan fingerprint density at radius 3 is 3.00 bits per heavy atom. The van der Waals surface area contributed by atoms with Crippen molar-refractivity contribution in [2.45, 2.75) is 39.2 Å². The van der Waals surface area contributed by atoms with E-state index >= 15 is 0 Å². The number of fused-ring (bicyclic) bond motifs is 1. The molecule has 3 atom stereocenters. The zero-order chi connectivity index (χ0) is 15.0. The van der Waals surface area contributed by atoms with Crippen molar-refractivity contribution in [3.63, 3.8) is 0 Å². The monoisotopic (exact) mass is 288 g/mol. The number of hydrogen-bond acceptors (Lipinski definition) is 3. The molecule has 1 aliphatic heterocycles. The zero-order valence-corrected chi connectivity index (χ0v) is 12.8. The summed E-state index contributed by atoms with van der Waals surface area (Å²) >= 11 is 0. The highest BCUT2D eigenvalue weighted by molar-refractivity contribution is 5.97. The lowest BCUT2D eigenvalue weighted by atomic mass is 9.94. The van der Waals surface area contributed by atoms with Crippen LogP contribution in [0.5, 0.6) is 5.75 Å². The first kappa shape index (κ1) is 14.4. The normalized spacial score (nSPS) is 28.1. The Hall–Kier alpha value is -1.55. The van der Waals surface area contributed by atoms with E-state index in [9.17, 15) is 4.79 Å². The quantitative estimate of drug-likeness (QED) is 0.909. The highest BCUT2D eigenvalue weighted by atomic mass is 16.5. The second kappa shape index (κ2) is 5.68. The van der Waals surface area contributed by atoms with Gasteiger partial charge in [-0.2, -0.15) is 0 Å². The maximum absolute atomic E-state index is 13.0. The van der Waals surface area contributed by atoms with Crippen LogP contribution in [-0.2, 0) is 4.79 Å². The second-order valence-electron chi connectivity index (χ2n) is 6.38. The third-order valence-corrected chi connectivity index (χ3v) is 4.72. The van der Waals surface area contributed by atoms with E-state index in [-0.39, 0.29) is 17.9 Å². The number of carbonyl (C=O) groups excluding carboxylic acids is 1. The number of amides is 1. The number of ether oxygens (including phenoxy) is 1. The minimum absolute atomic E-state index is 0.0287. The summed E-state index contributed by atoms with van der Waals surface area (Å²) in [5, 5.41) is 0. The van der Waals surface area contributed by atoms with E-state index < -0.39 is 0 Å². The van der Waals surface area contributed by atoms with Crippen molar-refractivity contribution >= 4 is 11.6 Å². The second-order valence-corrected chi connectivity index (χ2v) is 6.38. The van der Waals surface area contributed by atoms with Crippen molar-refractivity contribution in [1.29, 1.82) is 0 Å². The van der Waals surface area contributed by atoms with Crippen LogP contribution in [0.2, 0.25) is 0 Å². The molecule has 3 rings (SSSR count). The molecule has 1 fully saturated rings. The van der Waals surface area contributed by atoms with Gasteiger partial charge in [-0.1, -0.05) is 12.5 Å². The molecular weight excluding hydrogens is 264 g/mol. The summed E-state index contributed by atoms with van der Waals surface area (Å²) in [6.45, 7) is 5.29. The SMILES string of the molecule is Cc1ccc2c(c1)OC(C)CN2C(=O)[C@@H]1CCC[C@@H]1CN. The molecular formula is C17H24N2O2. The number of anilines is 1. The van der Waals surface area contributed by atoms with E-state index in [4.69, 9.17) is 10.5 Å². The lowest BCUT2D eigenvalue weighted by molar-refractivity contribution is -0.123. The number of nitrogens with zero attached hydrogens (tertiary/aromatic N) is 1. The van der Waals surface area contributed by atoms with Crippen LogP contribution < -0.4 is 15.4 Å². The maximum Gasteiger partial charge on any atom is 0.230 e. The maximum atomic E-state index is 13.0. The first-order chi connectivity index (χ1) is 10.1. The van der Waals surface area contributed by atoms with Gasteiger partial charge >= 0.3 is 0 Å². The van der Waals surface area contributed by atoms with Crippen LogP contribution in [0.3, 0.4) is 0 Å². The molecule has 1 heterocycles. The Morgan fingerprint density at radius 1 is 1.43 bits per heavy atom. The molecule has 1 aromatic carbocycles. The average molecular weight is 288 g/mol. The predicted molar refractivity (Wildman–Crippen MR) is 83.5 cm³/mol. The van der Waals surface area contributed by atoms with Gasteiger partial charge in [0.1, 0.15) is 11.9 Å². The molecule has 2 N–H and O–H groups in total. The fourth-order valence-corrected chi connectivity index (χ4v) is 3.60. The summed E-state index contributed by atoms with van der Waals surface area (Å²) in [7, 11) is 0.